The van der Waals surface area contributed by atoms with Gasteiger partial charge in [0.25, 0.3) is 0 Å². The molecule has 0 aliphatic rings. The second kappa shape index (κ2) is 7.89. The number of esters is 1. The summed E-state index contributed by atoms with van der Waals surface area (Å²) in [6.07, 6.45) is 2.95. The molecule has 5 nitrogen and oxygen atoms in total. The summed E-state index contributed by atoms with van der Waals surface area (Å²) in [5.74, 6) is 1.81. The SMILES string of the molecule is COc1ccc(OC(=O)/C=C/c2cccc(OC)c2OC)cc1. The van der Waals surface area contributed by atoms with E-state index in [1.807, 2.05) is 12.1 Å². The molecule has 23 heavy (non-hydrogen) atoms. The van der Waals surface area contributed by atoms with Crippen molar-refractivity contribution in [2.75, 3.05) is 21.3 Å². The van der Waals surface area contributed by atoms with Crippen molar-refractivity contribution in [3.05, 3.63) is 54.1 Å². The minimum atomic E-state index is -0.486. The van der Waals surface area contributed by atoms with Crippen LogP contribution in [0.3, 0.4) is 0 Å². The molecule has 2 rings (SSSR count). The van der Waals surface area contributed by atoms with E-state index in [2.05, 4.69) is 0 Å². The average Bonchev–Trinajstić information content (AvgIpc) is 2.60. The molecule has 0 saturated heterocycles. The fourth-order valence-corrected chi connectivity index (χ4v) is 1.99. The lowest BCUT2D eigenvalue weighted by molar-refractivity contribution is -0.128. The van der Waals surface area contributed by atoms with Crippen LogP contribution < -0.4 is 18.9 Å². The third kappa shape index (κ3) is 4.26. The second-order valence-corrected chi connectivity index (χ2v) is 4.51. The maximum absolute atomic E-state index is 11.9. The predicted molar refractivity (Wildman–Crippen MR) is 87.2 cm³/mol. The first-order chi connectivity index (χ1) is 11.2. The van der Waals surface area contributed by atoms with Crippen molar-refractivity contribution in [2.24, 2.45) is 0 Å². The summed E-state index contributed by atoms with van der Waals surface area (Å²) in [5, 5.41) is 0. The van der Waals surface area contributed by atoms with Crippen molar-refractivity contribution in [2.45, 2.75) is 0 Å². The Morgan fingerprint density at radius 3 is 2.17 bits per heavy atom. The highest BCUT2D eigenvalue weighted by atomic mass is 16.5. The molecule has 0 atom stereocenters. The van der Waals surface area contributed by atoms with Crippen molar-refractivity contribution in [3.63, 3.8) is 0 Å². The molecular weight excluding hydrogens is 296 g/mol. The molecule has 0 radical (unpaired) electrons. The van der Waals surface area contributed by atoms with E-state index in [4.69, 9.17) is 18.9 Å². The van der Waals surface area contributed by atoms with Crippen LogP contribution in [0.25, 0.3) is 6.08 Å². The minimum Gasteiger partial charge on any atom is -0.497 e. The number of ether oxygens (including phenoxy) is 4. The summed E-state index contributed by atoms with van der Waals surface area (Å²) in [7, 11) is 4.68. The molecular formula is C18H18O5. The molecule has 0 heterocycles. The van der Waals surface area contributed by atoms with Gasteiger partial charge in [0, 0.05) is 11.6 Å². The highest BCUT2D eigenvalue weighted by molar-refractivity contribution is 5.89. The average molecular weight is 314 g/mol. The Labute approximate surface area is 135 Å². The molecule has 0 unspecified atom stereocenters. The fourth-order valence-electron chi connectivity index (χ4n) is 1.99. The Hall–Kier alpha value is -2.95. The summed E-state index contributed by atoms with van der Waals surface area (Å²) in [4.78, 5) is 11.9. The van der Waals surface area contributed by atoms with E-state index in [1.165, 1.54) is 6.08 Å². The number of hydrogen-bond acceptors (Lipinski definition) is 5. The van der Waals surface area contributed by atoms with Crippen molar-refractivity contribution in [1.29, 1.82) is 0 Å². The van der Waals surface area contributed by atoms with E-state index in [1.54, 1.807) is 57.7 Å². The summed E-state index contributed by atoms with van der Waals surface area (Å²) in [6, 6.07) is 12.2. The van der Waals surface area contributed by atoms with E-state index in [0.717, 1.165) is 5.56 Å². The van der Waals surface area contributed by atoms with Crippen molar-refractivity contribution in [3.8, 4) is 23.0 Å². The van der Waals surface area contributed by atoms with Crippen LogP contribution >= 0.6 is 0 Å². The first-order valence-corrected chi connectivity index (χ1v) is 6.93. The number of hydrogen-bond donors (Lipinski definition) is 0. The molecule has 0 bridgehead atoms. The zero-order valence-electron chi connectivity index (χ0n) is 13.2. The lowest BCUT2D eigenvalue weighted by atomic mass is 10.1. The van der Waals surface area contributed by atoms with E-state index in [0.29, 0.717) is 23.0 Å². The smallest absolute Gasteiger partial charge is 0.336 e. The van der Waals surface area contributed by atoms with Gasteiger partial charge in [0.2, 0.25) is 0 Å². The van der Waals surface area contributed by atoms with Crippen molar-refractivity contribution >= 4 is 12.0 Å². The summed E-state index contributed by atoms with van der Waals surface area (Å²) >= 11 is 0. The molecule has 0 fully saturated rings. The van der Waals surface area contributed by atoms with Crippen LogP contribution in [0.1, 0.15) is 5.56 Å². The lowest BCUT2D eigenvalue weighted by Gasteiger charge is -2.09. The maximum atomic E-state index is 11.9. The molecule has 0 saturated carbocycles. The molecule has 0 aliphatic heterocycles. The van der Waals surface area contributed by atoms with Crippen LogP contribution in [0.2, 0.25) is 0 Å². The van der Waals surface area contributed by atoms with Gasteiger partial charge < -0.3 is 18.9 Å². The number of para-hydroxylation sites is 1. The molecule has 0 spiro atoms. The third-order valence-electron chi connectivity index (χ3n) is 3.11. The Balaban J connectivity index is 2.08. The van der Waals surface area contributed by atoms with Crippen LogP contribution in [-0.4, -0.2) is 27.3 Å². The summed E-state index contributed by atoms with van der Waals surface area (Å²) in [5.41, 5.74) is 0.721. The molecule has 0 aliphatic carbocycles. The van der Waals surface area contributed by atoms with Gasteiger partial charge in [-0.1, -0.05) is 12.1 Å². The van der Waals surface area contributed by atoms with Crippen molar-refractivity contribution in [1.82, 2.24) is 0 Å². The minimum absolute atomic E-state index is 0.443. The lowest BCUT2D eigenvalue weighted by Crippen LogP contribution is -2.03. The monoisotopic (exact) mass is 314 g/mol. The molecule has 0 aromatic heterocycles. The van der Waals surface area contributed by atoms with E-state index >= 15 is 0 Å². The van der Waals surface area contributed by atoms with Gasteiger partial charge in [-0.15, -0.1) is 0 Å². The fraction of sp³-hybridized carbons (Fsp3) is 0.167. The normalized spacial score (nSPS) is 10.4. The van der Waals surface area contributed by atoms with Gasteiger partial charge in [0.15, 0.2) is 11.5 Å². The first kappa shape index (κ1) is 16.4. The molecule has 0 N–H and O–H groups in total. The van der Waals surface area contributed by atoms with Gasteiger partial charge in [-0.3, -0.25) is 0 Å². The van der Waals surface area contributed by atoms with Gasteiger partial charge >= 0.3 is 5.97 Å². The Kier molecular flexibility index (Phi) is 5.63. The van der Waals surface area contributed by atoms with Gasteiger partial charge in [0.05, 0.1) is 21.3 Å². The zero-order valence-corrected chi connectivity index (χ0v) is 13.2. The van der Waals surface area contributed by atoms with E-state index in [-0.39, 0.29) is 0 Å². The summed E-state index contributed by atoms with van der Waals surface area (Å²) in [6.45, 7) is 0. The maximum Gasteiger partial charge on any atom is 0.336 e. The van der Waals surface area contributed by atoms with Crippen LogP contribution in [0.5, 0.6) is 23.0 Å². The number of methoxy groups -OCH3 is 3. The zero-order chi connectivity index (χ0) is 16.7. The molecule has 2 aromatic rings. The quantitative estimate of drug-likeness (QED) is 0.465. The number of carbonyl (C=O) groups excluding carboxylic acids is 1. The van der Waals surface area contributed by atoms with Gasteiger partial charge in [-0.25, -0.2) is 4.79 Å². The molecule has 0 amide bonds. The molecule has 120 valence electrons. The van der Waals surface area contributed by atoms with Crippen LogP contribution in [-0.2, 0) is 4.79 Å². The van der Waals surface area contributed by atoms with E-state index in [9.17, 15) is 4.79 Å². The van der Waals surface area contributed by atoms with E-state index < -0.39 is 5.97 Å². The van der Waals surface area contributed by atoms with Crippen LogP contribution in [0.4, 0.5) is 0 Å². The largest absolute Gasteiger partial charge is 0.497 e. The topological polar surface area (TPSA) is 54.0 Å². The Morgan fingerprint density at radius 2 is 1.57 bits per heavy atom. The predicted octanol–water partition coefficient (Wildman–Crippen LogP) is 3.33. The third-order valence-corrected chi connectivity index (χ3v) is 3.11. The first-order valence-electron chi connectivity index (χ1n) is 6.93. The number of carbonyl (C=O) groups is 1. The highest BCUT2D eigenvalue weighted by Gasteiger charge is 2.08. The molecule has 5 heteroatoms. The van der Waals surface area contributed by atoms with Crippen LogP contribution in [0, 0.1) is 0 Å². The van der Waals surface area contributed by atoms with Crippen molar-refractivity contribution < 1.29 is 23.7 Å². The highest BCUT2D eigenvalue weighted by Crippen LogP contribution is 2.31. The van der Waals surface area contributed by atoms with Gasteiger partial charge in [0.1, 0.15) is 11.5 Å². The van der Waals surface area contributed by atoms with Gasteiger partial charge in [-0.05, 0) is 36.4 Å². The number of rotatable bonds is 6. The number of benzene rings is 2. The van der Waals surface area contributed by atoms with Crippen LogP contribution in [0.15, 0.2) is 48.5 Å². The molecule has 2 aromatic carbocycles. The Morgan fingerprint density at radius 1 is 0.870 bits per heavy atom. The standard InChI is InChI=1S/C18H18O5/c1-20-14-8-10-15(11-9-14)23-17(19)12-7-13-5-4-6-16(21-2)18(13)22-3/h4-12H,1-3H3/b12-7+. The summed E-state index contributed by atoms with van der Waals surface area (Å²) < 4.78 is 20.8. The van der Waals surface area contributed by atoms with Gasteiger partial charge in [-0.2, -0.15) is 0 Å². The second-order valence-electron chi connectivity index (χ2n) is 4.51. The Bertz CT molecular complexity index is 689.